The van der Waals surface area contributed by atoms with Crippen molar-refractivity contribution in [1.82, 2.24) is 5.32 Å². The second-order valence-electron chi connectivity index (χ2n) is 5.77. The van der Waals surface area contributed by atoms with E-state index in [1.54, 1.807) is 24.3 Å². The molecule has 2 rings (SSSR count). The second-order valence-corrected chi connectivity index (χ2v) is 5.77. The fourth-order valence-electron chi connectivity index (χ4n) is 3.20. The van der Waals surface area contributed by atoms with Gasteiger partial charge in [0.15, 0.2) is 0 Å². The van der Waals surface area contributed by atoms with Crippen LogP contribution in [0.4, 0.5) is 0 Å². The Labute approximate surface area is 125 Å². The second kappa shape index (κ2) is 7.25. The average molecular weight is 289 g/mol. The van der Waals surface area contributed by atoms with Gasteiger partial charge in [-0.15, -0.1) is 0 Å². The number of benzene rings is 1. The molecule has 1 amide bonds. The van der Waals surface area contributed by atoms with Crippen LogP contribution in [-0.2, 0) is 11.2 Å². The van der Waals surface area contributed by atoms with Crippen LogP contribution in [0.5, 0.6) is 0 Å². The van der Waals surface area contributed by atoms with Crippen molar-refractivity contribution in [2.24, 2.45) is 5.92 Å². The minimum Gasteiger partial charge on any atom is -0.478 e. The molecular formula is C17H23NO3. The minimum atomic E-state index is -0.984. The van der Waals surface area contributed by atoms with Gasteiger partial charge in [0.1, 0.15) is 0 Å². The predicted molar refractivity (Wildman–Crippen MR) is 81.3 cm³/mol. The molecule has 1 aromatic rings. The van der Waals surface area contributed by atoms with E-state index in [1.807, 2.05) is 0 Å². The average Bonchev–Trinajstić information content (AvgIpc) is 2.48. The number of hydrogen-bond acceptors (Lipinski definition) is 2. The first-order chi connectivity index (χ1) is 10.1. The maximum Gasteiger partial charge on any atom is 0.335 e. The quantitative estimate of drug-likeness (QED) is 0.875. The largest absolute Gasteiger partial charge is 0.478 e. The third-order valence-corrected chi connectivity index (χ3v) is 4.38. The Bertz CT molecular complexity index is 513. The van der Waals surface area contributed by atoms with Gasteiger partial charge in [0.05, 0.1) is 12.0 Å². The number of carbonyl (C=O) groups excluding carboxylic acids is 1. The molecule has 0 spiro atoms. The van der Waals surface area contributed by atoms with Gasteiger partial charge >= 0.3 is 5.97 Å². The monoisotopic (exact) mass is 289 g/mol. The molecule has 2 unspecified atom stereocenters. The zero-order chi connectivity index (χ0) is 15.2. The van der Waals surface area contributed by atoms with Gasteiger partial charge in [0.25, 0.3) is 0 Å². The van der Waals surface area contributed by atoms with Crippen molar-refractivity contribution in [2.45, 2.75) is 51.5 Å². The Balaban J connectivity index is 2.00. The van der Waals surface area contributed by atoms with E-state index in [-0.39, 0.29) is 23.9 Å². The summed E-state index contributed by atoms with van der Waals surface area (Å²) in [5, 5.41) is 12.3. The lowest BCUT2D eigenvalue weighted by molar-refractivity contribution is -0.121. The summed E-state index contributed by atoms with van der Waals surface area (Å²) in [5.41, 5.74) is 0.787. The molecule has 0 radical (unpaired) electrons. The van der Waals surface area contributed by atoms with Crippen molar-refractivity contribution in [3.8, 4) is 0 Å². The Morgan fingerprint density at radius 3 is 2.67 bits per heavy atom. The van der Waals surface area contributed by atoms with Crippen LogP contribution in [0.15, 0.2) is 24.3 Å². The van der Waals surface area contributed by atoms with Gasteiger partial charge in [-0.1, -0.05) is 44.4 Å². The van der Waals surface area contributed by atoms with Crippen molar-refractivity contribution in [3.63, 3.8) is 0 Å². The lowest BCUT2D eigenvalue weighted by Crippen LogP contribution is -2.42. The van der Waals surface area contributed by atoms with E-state index in [4.69, 9.17) is 5.11 Å². The lowest BCUT2D eigenvalue weighted by Gasteiger charge is -2.31. The third kappa shape index (κ3) is 4.06. The summed E-state index contributed by atoms with van der Waals surface area (Å²) in [7, 11) is 0. The molecule has 4 heteroatoms. The van der Waals surface area contributed by atoms with Gasteiger partial charge in [-0.05, 0) is 30.4 Å². The normalized spacial score (nSPS) is 21.8. The topological polar surface area (TPSA) is 66.4 Å². The van der Waals surface area contributed by atoms with E-state index in [9.17, 15) is 9.59 Å². The number of carboxylic acid groups (broad SMARTS) is 1. The standard InChI is InChI=1S/C17H23NO3/c1-2-12-7-4-6-10-15(12)18-16(19)11-13-8-3-5-9-14(13)17(20)21/h3,5,8-9,12,15H,2,4,6-7,10-11H2,1H3,(H,18,19)(H,20,21). The molecule has 114 valence electrons. The highest BCUT2D eigenvalue weighted by Crippen LogP contribution is 2.26. The molecule has 1 aromatic carbocycles. The molecule has 0 aromatic heterocycles. The first kappa shape index (κ1) is 15.5. The molecule has 2 N–H and O–H groups in total. The summed E-state index contributed by atoms with van der Waals surface area (Å²) in [6.45, 7) is 2.16. The summed E-state index contributed by atoms with van der Waals surface area (Å²) in [6, 6.07) is 6.94. The maximum atomic E-state index is 12.2. The molecule has 1 fully saturated rings. The SMILES string of the molecule is CCC1CCCCC1NC(=O)Cc1ccccc1C(=O)O. The smallest absolute Gasteiger partial charge is 0.335 e. The molecule has 2 atom stereocenters. The van der Waals surface area contributed by atoms with Gasteiger partial charge in [0.2, 0.25) is 5.91 Å². The molecule has 4 nitrogen and oxygen atoms in total. The van der Waals surface area contributed by atoms with Crippen molar-refractivity contribution >= 4 is 11.9 Å². The van der Waals surface area contributed by atoms with E-state index in [0.29, 0.717) is 11.5 Å². The molecule has 21 heavy (non-hydrogen) atoms. The fraction of sp³-hybridized carbons (Fsp3) is 0.529. The van der Waals surface area contributed by atoms with Gasteiger partial charge in [-0.25, -0.2) is 4.79 Å². The van der Waals surface area contributed by atoms with E-state index in [2.05, 4.69) is 12.2 Å². The van der Waals surface area contributed by atoms with Crippen LogP contribution in [-0.4, -0.2) is 23.0 Å². The van der Waals surface area contributed by atoms with Gasteiger partial charge in [-0.2, -0.15) is 0 Å². The van der Waals surface area contributed by atoms with Gasteiger partial charge in [-0.3, -0.25) is 4.79 Å². The first-order valence-electron chi connectivity index (χ1n) is 7.72. The molecule has 0 aliphatic heterocycles. The minimum absolute atomic E-state index is 0.0750. The van der Waals surface area contributed by atoms with E-state index >= 15 is 0 Å². The summed E-state index contributed by atoms with van der Waals surface area (Å²) in [5.74, 6) is -0.506. The maximum absolute atomic E-state index is 12.2. The number of carbonyl (C=O) groups is 2. The zero-order valence-electron chi connectivity index (χ0n) is 12.5. The van der Waals surface area contributed by atoms with E-state index < -0.39 is 5.97 Å². The first-order valence-corrected chi connectivity index (χ1v) is 7.72. The number of nitrogens with one attached hydrogen (secondary N) is 1. The van der Waals surface area contributed by atoms with Crippen LogP contribution in [0.25, 0.3) is 0 Å². The zero-order valence-corrected chi connectivity index (χ0v) is 12.5. The highest BCUT2D eigenvalue weighted by molar-refractivity contribution is 5.91. The van der Waals surface area contributed by atoms with Gasteiger partial charge < -0.3 is 10.4 Å². The number of amides is 1. The van der Waals surface area contributed by atoms with E-state index in [1.165, 1.54) is 12.8 Å². The van der Waals surface area contributed by atoms with Crippen molar-refractivity contribution < 1.29 is 14.7 Å². The van der Waals surface area contributed by atoms with Crippen molar-refractivity contribution in [3.05, 3.63) is 35.4 Å². The van der Waals surface area contributed by atoms with Crippen LogP contribution in [0.2, 0.25) is 0 Å². The fourth-order valence-corrected chi connectivity index (χ4v) is 3.20. The van der Waals surface area contributed by atoms with Gasteiger partial charge in [0, 0.05) is 6.04 Å². The Morgan fingerprint density at radius 1 is 1.24 bits per heavy atom. The Hall–Kier alpha value is -1.84. The highest BCUT2D eigenvalue weighted by atomic mass is 16.4. The predicted octanol–water partition coefficient (Wildman–Crippen LogP) is 3.01. The Morgan fingerprint density at radius 2 is 1.95 bits per heavy atom. The lowest BCUT2D eigenvalue weighted by atomic mass is 9.83. The molecule has 0 bridgehead atoms. The number of carboxylic acids is 1. The third-order valence-electron chi connectivity index (χ3n) is 4.38. The molecule has 1 aliphatic rings. The number of aromatic carboxylic acids is 1. The molecular weight excluding hydrogens is 266 g/mol. The van der Waals surface area contributed by atoms with Crippen LogP contribution < -0.4 is 5.32 Å². The molecule has 0 heterocycles. The van der Waals surface area contributed by atoms with Crippen LogP contribution in [0.1, 0.15) is 54.9 Å². The van der Waals surface area contributed by atoms with Crippen LogP contribution >= 0.6 is 0 Å². The number of hydrogen-bond donors (Lipinski definition) is 2. The highest BCUT2D eigenvalue weighted by Gasteiger charge is 2.25. The van der Waals surface area contributed by atoms with E-state index in [0.717, 1.165) is 19.3 Å². The summed E-state index contributed by atoms with van der Waals surface area (Å²) >= 11 is 0. The molecule has 1 saturated carbocycles. The Kier molecular flexibility index (Phi) is 5.37. The summed E-state index contributed by atoms with van der Waals surface area (Å²) < 4.78 is 0. The van der Waals surface area contributed by atoms with Crippen molar-refractivity contribution in [1.29, 1.82) is 0 Å². The molecule has 1 aliphatic carbocycles. The summed E-state index contributed by atoms with van der Waals surface area (Å²) in [6.07, 6.45) is 5.82. The van der Waals surface area contributed by atoms with Crippen LogP contribution in [0, 0.1) is 5.92 Å². The number of rotatable bonds is 5. The van der Waals surface area contributed by atoms with Crippen molar-refractivity contribution in [2.75, 3.05) is 0 Å². The molecule has 0 saturated heterocycles. The summed E-state index contributed by atoms with van der Waals surface area (Å²) in [4.78, 5) is 23.4. The van der Waals surface area contributed by atoms with Crippen LogP contribution in [0.3, 0.4) is 0 Å².